The van der Waals surface area contributed by atoms with Crippen LogP contribution in [0, 0.1) is 6.92 Å². The summed E-state index contributed by atoms with van der Waals surface area (Å²) in [6.45, 7) is 1.87. The second-order valence-corrected chi connectivity index (χ2v) is 3.30. The van der Waals surface area contributed by atoms with Crippen molar-refractivity contribution in [2.45, 2.75) is 6.92 Å². The van der Waals surface area contributed by atoms with Crippen molar-refractivity contribution in [3.63, 3.8) is 0 Å². The molecule has 0 aliphatic rings. The van der Waals surface area contributed by atoms with Gasteiger partial charge in [0, 0.05) is 7.05 Å². The number of nitrogens with zero attached hydrogens (tertiary/aromatic N) is 1. The Kier molecular flexibility index (Phi) is 2.73. The Hall–Kier alpha value is -0.280. The summed E-state index contributed by atoms with van der Waals surface area (Å²) in [5.41, 5.74) is 1.73. The Labute approximate surface area is 79.1 Å². The van der Waals surface area contributed by atoms with Crippen LogP contribution in [0.25, 0.3) is 0 Å². The highest BCUT2D eigenvalue weighted by molar-refractivity contribution is 9.10. The molecule has 0 aliphatic heterocycles. The van der Waals surface area contributed by atoms with E-state index in [2.05, 4.69) is 26.2 Å². The van der Waals surface area contributed by atoms with Crippen LogP contribution >= 0.6 is 27.5 Å². The summed E-state index contributed by atoms with van der Waals surface area (Å²) in [6, 6.07) is 1.84. The van der Waals surface area contributed by atoms with E-state index in [4.69, 9.17) is 11.6 Å². The van der Waals surface area contributed by atoms with E-state index < -0.39 is 0 Å². The second kappa shape index (κ2) is 3.41. The fraction of sp³-hybridized carbons (Fsp3) is 0.286. The molecule has 60 valence electrons. The highest BCUT2D eigenvalue weighted by Crippen LogP contribution is 2.25. The van der Waals surface area contributed by atoms with Gasteiger partial charge in [0.25, 0.3) is 0 Å². The summed E-state index contributed by atoms with van der Waals surface area (Å²) in [7, 11) is 1.83. The maximum atomic E-state index is 5.84. The molecule has 1 rings (SSSR count). The molecule has 0 amide bonds. The van der Waals surface area contributed by atoms with Crippen molar-refractivity contribution in [2.75, 3.05) is 12.4 Å². The van der Waals surface area contributed by atoms with Crippen molar-refractivity contribution in [3.05, 3.63) is 21.4 Å². The van der Waals surface area contributed by atoms with E-state index in [1.807, 2.05) is 20.0 Å². The van der Waals surface area contributed by atoms with Crippen molar-refractivity contribution in [3.8, 4) is 0 Å². The minimum absolute atomic E-state index is 0.678. The van der Waals surface area contributed by atoms with E-state index in [0.717, 1.165) is 16.0 Å². The summed E-state index contributed by atoms with van der Waals surface area (Å²) in [5.74, 6) is 0. The molecule has 1 aromatic heterocycles. The molecule has 1 N–H and O–H groups in total. The lowest BCUT2D eigenvalue weighted by molar-refractivity contribution is 1.16. The smallest absolute Gasteiger partial charge is 0.129 e. The molecule has 0 bridgehead atoms. The van der Waals surface area contributed by atoms with Gasteiger partial charge in [0.15, 0.2) is 0 Å². The van der Waals surface area contributed by atoms with Crippen LogP contribution in [0.4, 0.5) is 5.69 Å². The highest BCUT2D eigenvalue weighted by atomic mass is 79.9. The largest absolute Gasteiger partial charge is 0.386 e. The second-order valence-electron chi connectivity index (χ2n) is 2.14. The first kappa shape index (κ1) is 8.81. The number of nitrogens with one attached hydrogen (secondary N) is 1. The SMILES string of the molecule is CNc1cc(Cl)c(C)nc1Br. The maximum absolute atomic E-state index is 5.84. The molecule has 0 saturated heterocycles. The molecule has 0 radical (unpaired) electrons. The van der Waals surface area contributed by atoms with Gasteiger partial charge >= 0.3 is 0 Å². The van der Waals surface area contributed by atoms with E-state index >= 15 is 0 Å². The Morgan fingerprint density at radius 2 is 2.27 bits per heavy atom. The lowest BCUT2D eigenvalue weighted by atomic mass is 10.3. The summed E-state index contributed by atoms with van der Waals surface area (Å²) < 4.78 is 0.793. The van der Waals surface area contributed by atoms with Gasteiger partial charge in [-0.2, -0.15) is 0 Å². The fourth-order valence-electron chi connectivity index (χ4n) is 0.727. The molecular formula is C7H8BrClN2. The Balaban J connectivity index is 3.21. The van der Waals surface area contributed by atoms with Gasteiger partial charge in [-0.15, -0.1) is 0 Å². The third-order valence-corrected chi connectivity index (χ3v) is 2.36. The predicted octanol–water partition coefficient (Wildman–Crippen LogP) is 2.85. The van der Waals surface area contributed by atoms with Crippen molar-refractivity contribution in [1.82, 2.24) is 4.98 Å². The van der Waals surface area contributed by atoms with Crippen molar-refractivity contribution in [2.24, 2.45) is 0 Å². The van der Waals surface area contributed by atoms with Gasteiger partial charge in [0.1, 0.15) is 4.60 Å². The lowest BCUT2D eigenvalue weighted by Crippen LogP contribution is -1.93. The maximum Gasteiger partial charge on any atom is 0.129 e. The summed E-state index contributed by atoms with van der Waals surface area (Å²) in [4.78, 5) is 4.17. The molecule has 0 atom stereocenters. The van der Waals surface area contributed by atoms with Crippen LogP contribution in [-0.2, 0) is 0 Å². The van der Waals surface area contributed by atoms with Gasteiger partial charge in [-0.25, -0.2) is 4.98 Å². The molecule has 1 heterocycles. The number of anilines is 1. The Morgan fingerprint density at radius 3 is 2.82 bits per heavy atom. The predicted molar refractivity (Wildman–Crippen MR) is 51.2 cm³/mol. The monoisotopic (exact) mass is 234 g/mol. The van der Waals surface area contributed by atoms with Crippen LogP contribution in [0.3, 0.4) is 0 Å². The molecule has 1 aromatic rings. The van der Waals surface area contributed by atoms with Crippen LogP contribution in [-0.4, -0.2) is 12.0 Å². The minimum atomic E-state index is 0.678. The number of hydrogen-bond donors (Lipinski definition) is 1. The summed E-state index contributed by atoms with van der Waals surface area (Å²) in [6.07, 6.45) is 0. The van der Waals surface area contributed by atoms with E-state index in [-0.39, 0.29) is 0 Å². The highest BCUT2D eigenvalue weighted by Gasteiger charge is 2.02. The van der Waals surface area contributed by atoms with Crippen molar-refractivity contribution in [1.29, 1.82) is 0 Å². The van der Waals surface area contributed by atoms with Crippen LogP contribution in [0.1, 0.15) is 5.69 Å². The molecule has 4 heteroatoms. The third-order valence-electron chi connectivity index (χ3n) is 1.37. The standard InChI is InChI=1S/C7H8BrClN2/c1-4-5(9)3-6(10-2)7(8)11-4/h3,10H,1-2H3. The zero-order chi connectivity index (χ0) is 8.43. The first-order chi connectivity index (χ1) is 5.15. The number of pyridine rings is 1. The van der Waals surface area contributed by atoms with Crippen LogP contribution in [0.2, 0.25) is 5.02 Å². The number of rotatable bonds is 1. The number of hydrogen-bond acceptors (Lipinski definition) is 2. The van der Waals surface area contributed by atoms with Crippen molar-refractivity contribution < 1.29 is 0 Å². The first-order valence-electron chi connectivity index (χ1n) is 3.15. The number of aryl methyl sites for hydroxylation is 1. The Bertz CT molecular complexity index is 275. The molecule has 11 heavy (non-hydrogen) atoms. The van der Waals surface area contributed by atoms with E-state index in [1.165, 1.54) is 0 Å². The van der Waals surface area contributed by atoms with Crippen LogP contribution in [0.5, 0.6) is 0 Å². The van der Waals surface area contributed by atoms with Gasteiger partial charge in [-0.1, -0.05) is 11.6 Å². The molecule has 0 aliphatic carbocycles. The zero-order valence-corrected chi connectivity index (χ0v) is 8.62. The zero-order valence-electron chi connectivity index (χ0n) is 6.28. The van der Waals surface area contributed by atoms with Crippen molar-refractivity contribution >= 4 is 33.2 Å². The van der Waals surface area contributed by atoms with E-state index in [9.17, 15) is 0 Å². The number of aromatic nitrogens is 1. The van der Waals surface area contributed by atoms with Crippen LogP contribution in [0.15, 0.2) is 10.7 Å². The lowest BCUT2D eigenvalue weighted by Gasteiger charge is -2.04. The molecule has 0 spiro atoms. The van der Waals surface area contributed by atoms with Gasteiger partial charge in [0.2, 0.25) is 0 Å². The van der Waals surface area contributed by atoms with Gasteiger partial charge in [0.05, 0.1) is 16.4 Å². The first-order valence-corrected chi connectivity index (χ1v) is 4.32. The van der Waals surface area contributed by atoms with E-state index in [0.29, 0.717) is 5.02 Å². The molecular weight excluding hydrogens is 227 g/mol. The van der Waals surface area contributed by atoms with Gasteiger partial charge < -0.3 is 5.32 Å². The molecule has 0 saturated carbocycles. The fourth-order valence-corrected chi connectivity index (χ4v) is 1.46. The van der Waals surface area contributed by atoms with E-state index in [1.54, 1.807) is 0 Å². The average Bonchev–Trinajstić information content (AvgIpc) is 1.97. The molecule has 0 fully saturated rings. The topological polar surface area (TPSA) is 24.9 Å². The Morgan fingerprint density at radius 1 is 1.64 bits per heavy atom. The normalized spacial score (nSPS) is 9.82. The quantitative estimate of drug-likeness (QED) is 0.757. The summed E-state index contributed by atoms with van der Waals surface area (Å²) in [5, 5.41) is 3.65. The van der Waals surface area contributed by atoms with Crippen LogP contribution < -0.4 is 5.32 Å². The summed E-state index contributed by atoms with van der Waals surface area (Å²) >= 11 is 9.15. The van der Waals surface area contributed by atoms with Gasteiger partial charge in [-0.05, 0) is 28.9 Å². The molecule has 0 unspecified atom stereocenters. The molecule has 2 nitrogen and oxygen atoms in total. The third kappa shape index (κ3) is 1.84. The molecule has 0 aromatic carbocycles. The minimum Gasteiger partial charge on any atom is -0.386 e. The van der Waals surface area contributed by atoms with Gasteiger partial charge in [-0.3, -0.25) is 0 Å². The number of halogens is 2. The average molecular weight is 236 g/mol.